The van der Waals surface area contributed by atoms with E-state index in [0.717, 1.165) is 12.1 Å². The van der Waals surface area contributed by atoms with Gasteiger partial charge in [-0.3, -0.25) is 0 Å². The van der Waals surface area contributed by atoms with Gasteiger partial charge in [0.1, 0.15) is 0 Å². The molecule has 0 spiro atoms. The Bertz CT molecular complexity index is 427. The predicted molar refractivity (Wildman–Crippen MR) is 93.2 cm³/mol. The molecule has 0 unspecified atom stereocenters. The highest BCUT2D eigenvalue weighted by atomic mass is 32.1. The quantitative estimate of drug-likeness (QED) is 0.564. The van der Waals surface area contributed by atoms with E-state index in [4.69, 9.17) is 12.2 Å². The Morgan fingerprint density at radius 3 is 2.30 bits per heavy atom. The Kier molecular flexibility index (Phi) is 7.66. The number of thiocarbonyl (C=S) groups is 1. The van der Waals surface area contributed by atoms with Crippen LogP contribution in [0.25, 0.3) is 0 Å². The lowest BCUT2D eigenvalue weighted by molar-refractivity contribution is 0.522. The molecule has 0 saturated carbocycles. The third kappa shape index (κ3) is 5.57. The number of unbranched alkanes of at least 4 members (excludes halogenated alkanes) is 1. The average molecular weight is 288 g/mol. The highest BCUT2D eigenvalue weighted by Crippen LogP contribution is 2.12. The molecule has 0 fully saturated rings. The zero-order chi connectivity index (χ0) is 14.8. The maximum Gasteiger partial charge on any atom is 0.173 e. The predicted octanol–water partition coefficient (Wildman–Crippen LogP) is 4.40. The molecule has 20 heavy (non-hydrogen) atoms. The number of benzene rings is 1. The molecule has 1 rings (SSSR count). The van der Waals surface area contributed by atoms with Crippen LogP contribution >= 0.6 is 12.2 Å². The van der Waals surface area contributed by atoms with Crippen molar-refractivity contribution in [3.8, 4) is 0 Å². The summed E-state index contributed by atoms with van der Waals surface area (Å²) in [7, 11) is 0. The lowest BCUT2D eigenvalue weighted by atomic mass is 10.1. The van der Waals surface area contributed by atoms with E-state index in [9.17, 15) is 0 Å². The molecule has 108 valence electrons. The highest BCUT2D eigenvalue weighted by Gasteiger charge is 2.06. The van der Waals surface area contributed by atoms with Crippen molar-refractivity contribution in [2.75, 3.05) is 18.4 Å². The molecule has 1 aromatic rings. The first kappa shape index (κ1) is 16.4. The Balaban J connectivity index is 2.59. The van der Waals surface area contributed by atoms with Crippen LogP contribution in [-0.4, -0.2) is 23.1 Å². The van der Waals surface area contributed by atoms with Gasteiger partial charge in [0, 0.05) is 18.8 Å². The summed E-state index contributed by atoms with van der Waals surface area (Å²) in [5.41, 5.74) is 2.39. The van der Waals surface area contributed by atoms with Gasteiger partial charge in [0.2, 0.25) is 0 Å². The standard InChI is InChI=1S/C17H24N2S/c1-4-7-8-15-9-11-16(12-10-15)18-17(20)19(13-5-2)14-6-3/h5-6,9-12H,2-4,7-8,13-14H2,1H3,(H,18,20). The lowest BCUT2D eigenvalue weighted by Gasteiger charge is -2.23. The number of nitrogens with one attached hydrogen (secondary N) is 1. The summed E-state index contributed by atoms with van der Waals surface area (Å²) in [5, 5.41) is 3.96. The first-order chi connectivity index (χ1) is 9.71. The molecule has 0 amide bonds. The van der Waals surface area contributed by atoms with E-state index >= 15 is 0 Å². The van der Waals surface area contributed by atoms with E-state index < -0.39 is 0 Å². The SMILES string of the molecule is C=CCN(CC=C)C(=S)Nc1ccc(CCCC)cc1. The monoisotopic (exact) mass is 288 g/mol. The summed E-state index contributed by atoms with van der Waals surface area (Å²) in [4.78, 5) is 2.01. The lowest BCUT2D eigenvalue weighted by Crippen LogP contribution is -2.34. The second kappa shape index (κ2) is 9.32. The van der Waals surface area contributed by atoms with Crippen LogP contribution in [0.1, 0.15) is 25.3 Å². The van der Waals surface area contributed by atoms with Gasteiger partial charge in [-0.15, -0.1) is 13.2 Å². The van der Waals surface area contributed by atoms with E-state index in [1.54, 1.807) is 0 Å². The van der Waals surface area contributed by atoms with Crippen LogP contribution < -0.4 is 5.32 Å². The number of hydrogen-bond acceptors (Lipinski definition) is 1. The smallest absolute Gasteiger partial charge is 0.173 e. The minimum Gasteiger partial charge on any atom is -0.342 e. The molecule has 3 heteroatoms. The fourth-order valence-electron chi connectivity index (χ4n) is 1.89. The van der Waals surface area contributed by atoms with Crippen LogP contribution in [0.3, 0.4) is 0 Å². The molecule has 0 atom stereocenters. The van der Waals surface area contributed by atoms with E-state index in [2.05, 4.69) is 49.7 Å². The summed E-state index contributed by atoms with van der Waals surface area (Å²) >= 11 is 5.41. The molecule has 0 bridgehead atoms. The summed E-state index contributed by atoms with van der Waals surface area (Å²) in [6.07, 6.45) is 7.27. The Morgan fingerprint density at radius 2 is 1.80 bits per heavy atom. The van der Waals surface area contributed by atoms with Gasteiger partial charge in [0.05, 0.1) is 0 Å². The topological polar surface area (TPSA) is 15.3 Å². The van der Waals surface area contributed by atoms with Crippen molar-refractivity contribution in [2.24, 2.45) is 0 Å². The number of rotatable bonds is 8. The van der Waals surface area contributed by atoms with Gasteiger partial charge in [-0.05, 0) is 42.8 Å². The van der Waals surface area contributed by atoms with Crippen LogP contribution in [0.2, 0.25) is 0 Å². The van der Waals surface area contributed by atoms with Crippen molar-refractivity contribution in [1.29, 1.82) is 0 Å². The molecule has 1 N–H and O–H groups in total. The maximum absolute atomic E-state index is 5.41. The summed E-state index contributed by atoms with van der Waals surface area (Å²) in [6.45, 7) is 11.1. The molecule has 0 aromatic heterocycles. The molecule has 0 aliphatic carbocycles. The number of anilines is 1. The second-order valence-electron chi connectivity index (χ2n) is 4.71. The van der Waals surface area contributed by atoms with Gasteiger partial charge in [-0.25, -0.2) is 0 Å². The zero-order valence-electron chi connectivity index (χ0n) is 12.3. The Morgan fingerprint density at radius 1 is 1.20 bits per heavy atom. The molecule has 0 aliphatic heterocycles. The minimum absolute atomic E-state index is 0.700. The van der Waals surface area contributed by atoms with Gasteiger partial charge < -0.3 is 10.2 Å². The summed E-state index contributed by atoms with van der Waals surface area (Å²) in [6, 6.07) is 8.48. The molecular weight excluding hydrogens is 264 g/mol. The van der Waals surface area contributed by atoms with Crippen molar-refractivity contribution in [3.63, 3.8) is 0 Å². The van der Waals surface area contributed by atoms with Gasteiger partial charge in [-0.2, -0.15) is 0 Å². The number of aryl methyl sites for hydroxylation is 1. The van der Waals surface area contributed by atoms with Gasteiger partial charge in [0.15, 0.2) is 5.11 Å². The molecule has 0 saturated heterocycles. The summed E-state index contributed by atoms with van der Waals surface area (Å²) < 4.78 is 0. The third-order valence-electron chi connectivity index (χ3n) is 3.01. The first-order valence-electron chi connectivity index (χ1n) is 7.08. The van der Waals surface area contributed by atoms with Crippen molar-refractivity contribution in [3.05, 3.63) is 55.1 Å². The average Bonchev–Trinajstić information content (AvgIpc) is 2.46. The largest absolute Gasteiger partial charge is 0.342 e. The van der Waals surface area contributed by atoms with Crippen LogP contribution in [0.15, 0.2) is 49.6 Å². The van der Waals surface area contributed by atoms with E-state index in [-0.39, 0.29) is 0 Å². The molecule has 1 aromatic carbocycles. The molecule has 0 heterocycles. The van der Waals surface area contributed by atoms with Crippen molar-refractivity contribution in [1.82, 2.24) is 4.90 Å². The molecule has 2 nitrogen and oxygen atoms in total. The number of hydrogen-bond donors (Lipinski definition) is 1. The van der Waals surface area contributed by atoms with Gasteiger partial charge >= 0.3 is 0 Å². The Labute approximate surface area is 128 Å². The third-order valence-corrected chi connectivity index (χ3v) is 3.37. The molecular formula is C17H24N2S. The van der Waals surface area contributed by atoms with Gasteiger partial charge in [-0.1, -0.05) is 37.6 Å². The zero-order valence-corrected chi connectivity index (χ0v) is 13.1. The number of nitrogens with zero attached hydrogens (tertiary/aromatic N) is 1. The summed E-state index contributed by atoms with van der Waals surface area (Å²) in [5.74, 6) is 0. The highest BCUT2D eigenvalue weighted by molar-refractivity contribution is 7.80. The van der Waals surface area contributed by atoms with Crippen LogP contribution in [0.5, 0.6) is 0 Å². The van der Waals surface area contributed by atoms with E-state index in [1.807, 2.05) is 17.1 Å². The normalized spacial score (nSPS) is 9.85. The van der Waals surface area contributed by atoms with E-state index in [0.29, 0.717) is 18.2 Å². The minimum atomic E-state index is 0.700. The fraction of sp³-hybridized carbons (Fsp3) is 0.353. The van der Waals surface area contributed by atoms with Gasteiger partial charge in [0.25, 0.3) is 0 Å². The van der Waals surface area contributed by atoms with Crippen LogP contribution in [0, 0.1) is 0 Å². The van der Waals surface area contributed by atoms with Crippen molar-refractivity contribution < 1.29 is 0 Å². The maximum atomic E-state index is 5.41. The van der Waals surface area contributed by atoms with Crippen molar-refractivity contribution >= 4 is 23.0 Å². The first-order valence-corrected chi connectivity index (χ1v) is 7.48. The Hall–Kier alpha value is -1.61. The van der Waals surface area contributed by atoms with Crippen LogP contribution in [-0.2, 0) is 6.42 Å². The van der Waals surface area contributed by atoms with Crippen molar-refractivity contribution in [2.45, 2.75) is 26.2 Å². The fourth-order valence-corrected chi connectivity index (χ4v) is 2.16. The van der Waals surface area contributed by atoms with E-state index in [1.165, 1.54) is 18.4 Å². The second-order valence-corrected chi connectivity index (χ2v) is 5.10. The molecule has 0 aliphatic rings. The molecule has 0 radical (unpaired) electrons. The van der Waals surface area contributed by atoms with Crippen LogP contribution in [0.4, 0.5) is 5.69 Å².